The lowest BCUT2D eigenvalue weighted by molar-refractivity contribution is -0.991. The van der Waals surface area contributed by atoms with Crippen LogP contribution >= 0.6 is 0 Å². The van der Waals surface area contributed by atoms with Gasteiger partial charge in [0.1, 0.15) is 0 Å². The molecule has 0 radical (unpaired) electrons. The van der Waals surface area contributed by atoms with Gasteiger partial charge in [-0.2, -0.15) is 5.23 Å². The standard InChI is InChI=1S/C9H13N3O3/c1-6(10)9(13)11-7-2-4-8(5-3-7)12(14)15/h2-6,12,14H,10H2,1H3,(H,11,13). The average molecular weight is 211 g/mol. The Hall–Kier alpha value is -1.47. The molecule has 0 fully saturated rings. The molecule has 6 heteroatoms. The normalized spacial score (nSPS) is 14.4. The molecular formula is C9H13N3O3. The number of carbonyl (C=O) groups excluding carboxylic acids is 1. The van der Waals surface area contributed by atoms with Gasteiger partial charge in [-0.3, -0.25) is 4.79 Å². The van der Waals surface area contributed by atoms with Gasteiger partial charge in [0.05, 0.1) is 6.04 Å². The number of carbonyl (C=O) groups is 1. The van der Waals surface area contributed by atoms with Crippen molar-refractivity contribution in [2.45, 2.75) is 13.0 Å². The highest BCUT2D eigenvalue weighted by molar-refractivity contribution is 5.94. The monoisotopic (exact) mass is 211 g/mol. The first kappa shape index (κ1) is 11.6. The summed E-state index contributed by atoms with van der Waals surface area (Å²) in [6.45, 7) is 1.57. The maximum absolute atomic E-state index is 11.2. The summed E-state index contributed by atoms with van der Waals surface area (Å²) in [5.74, 6) is -0.307. The Kier molecular flexibility index (Phi) is 3.75. The van der Waals surface area contributed by atoms with E-state index >= 15 is 0 Å². The summed E-state index contributed by atoms with van der Waals surface area (Å²) in [5, 5.41) is 20.7. The molecule has 0 aliphatic heterocycles. The van der Waals surface area contributed by atoms with E-state index in [1.165, 1.54) is 24.3 Å². The van der Waals surface area contributed by atoms with Crippen LogP contribution in [0.5, 0.6) is 0 Å². The van der Waals surface area contributed by atoms with Gasteiger partial charge in [-0.25, -0.2) is 5.21 Å². The number of hydrogen-bond acceptors (Lipinski definition) is 4. The van der Waals surface area contributed by atoms with Crippen LogP contribution in [-0.4, -0.2) is 17.2 Å². The summed E-state index contributed by atoms with van der Waals surface area (Å²) < 4.78 is 0. The van der Waals surface area contributed by atoms with Gasteiger partial charge in [0.15, 0.2) is 5.69 Å². The largest absolute Gasteiger partial charge is 0.595 e. The molecule has 5 N–H and O–H groups in total. The Morgan fingerprint density at radius 2 is 2.07 bits per heavy atom. The van der Waals surface area contributed by atoms with Crippen molar-refractivity contribution in [1.82, 2.24) is 0 Å². The van der Waals surface area contributed by atoms with Gasteiger partial charge >= 0.3 is 0 Å². The van der Waals surface area contributed by atoms with Crippen LogP contribution in [0.3, 0.4) is 0 Å². The van der Waals surface area contributed by atoms with E-state index in [0.717, 1.165) is 0 Å². The topological polar surface area (TPSA) is 103 Å². The van der Waals surface area contributed by atoms with Crippen molar-refractivity contribution in [3.8, 4) is 0 Å². The minimum atomic E-state index is -1.000. The number of anilines is 1. The fourth-order valence-electron chi connectivity index (χ4n) is 0.952. The summed E-state index contributed by atoms with van der Waals surface area (Å²) in [6, 6.07) is 5.27. The van der Waals surface area contributed by atoms with Crippen LogP contribution < -0.4 is 16.3 Å². The summed E-state index contributed by atoms with van der Waals surface area (Å²) in [7, 11) is 0. The second-order valence-electron chi connectivity index (χ2n) is 3.16. The van der Waals surface area contributed by atoms with Crippen LogP contribution in [0.15, 0.2) is 24.3 Å². The third kappa shape index (κ3) is 3.30. The minimum absolute atomic E-state index is 0.175. The van der Waals surface area contributed by atoms with Crippen molar-refractivity contribution in [2.75, 3.05) is 5.32 Å². The first-order valence-corrected chi connectivity index (χ1v) is 4.40. The van der Waals surface area contributed by atoms with Crippen LogP contribution in [0, 0.1) is 5.21 Å². The molecule has 0 heterocycles. The Labute approximate surface area is 86.8 Å². The number of amides is 1. The van der Waals surface area contributed by atoms with E-state index in [1.807, 2.05) is 0 Å². The molecule has 0 saturated heterocycles. The molecule has 1 rings (SSSR count). The predicted octanol–water partition coefficient (Wildman–Crippen LogP) is -0.624. The Balaban J connectivity index is 2.69. The fraction of sp³-hybridized carbons (Fsp3) is 0.222. The van der Waals surface area contributed by atoms with E-state index in [-0.39, 0.29) is 11.6 Å². The molecule has 0 aliphatic carbocycles. The molecule has 0 bridgehead atoms. The number of nitrogens with two attached hydrogens (primary N) is 1. The Morgan fingerprint density at radius 3 is 2.47 bits per heavy atom. The zero-order chi connectivity index (χ0) is 11.4. The summed E-state index contributed by atoms with van der Waals surface area (Å²) in [5.41, 5.74) is 6.06. The smallest absolute Gasteiger partial charge is 0.240 e. The van der Waals surface area contributed by atoms with Crippen molar-refractivity contribution in [3.05, 3.63) is 29.5 Å². The maximum Gasteiger partial charge on any atom is 0.240 e. The van der Waals surface area contributed by atoms with Gasteiger partial charge in [-0.1, -0.05) is 0 Å². The quantitative estimate of drug-likeness (QED) is 0.500. The molecule has 82 valence electrons. The molecule has 0 spiro atoms. The fourth-order valence-corrected chi connectivity index (χ4v) is 0.952. The molecule has 2 unspecified atom stereocenters. The molecule has 6 nitrogen and oxygen atoms in total. The van der Waals surface area contributed by atoms with Gasteiger partial charge in [-0.05, 0) is 19.1 Å². The molecule has 15 heavy (non-hydrogen) atoms. The average Bonchev–Trinajstić information content (AvgIpc) is 2.18. The minimum Gasteiger partial charge on any atom is -0.595 e. The van der Waals surface area contributed by atoms with Crippen LogP contribution in [-0.2, 0) is 4.79 Å². The summed E-state index contributed by atoms with van der Waals surface area (Å²) >= 11 is 0. The van der Waals surface area contributed by atoms with Crippen molar-refractivity contribution >= 4 is 17.3 Å². The first-order valence-electron chi connectivity index (χ1n) is 4.40. The van der Waals surface area contributed by atoms with Crippen molar-refractivity contribution in [1.29, 1.82) is 0 Å². The van der Waals surface area contributed by atoms with Gasteiger partial charge in [-0.15, -0.1) is 0 Å². The van der Waals surface area contributed by atoms with Gasteiger partial charge in [0, 0.05) is 17.8 Å². The lowest BCUT2D eigenvalue weighted by Gasteiger charge is -2.12. The highest BCUT2D eigenvalue weighted by Crippen LogP contribution is 2.10. The van der Waals surface area contributed by atoms with E-state index in [1.54, 1.807) is 6.92 Å². The van der Waals surface area contributed by atoms with Crippen molar-refractivity contribution in [3.63, 3.8) is 0 Å². The number of quaternary nitrogens is 1. The molecule has 2 atom stereocenters. The van der Waals surface area contributed by atoms with E-state index in [0.29, 0.717) is 5.69 Å². The molecule has 0 aromatic heterocycles. The Morgan fingerprint density at radius 1 is 1.53 bits per heavy atom. The van der Waals surface area contributed by atoms with Crippen molar-refractivity contribution in [2.24, 2.45) is 5.73 Å². The first-order chi connectivity index (χ1) is 7.00. The van der Waals surface area contributed by atoms with Crippen LogP contribution in [0.1, 0.15) is 6.92 Å². The van der Waals surface area contributed by atoms with E-state index in [4.69, 9.17) is 10.9 Å². The van der Waals surface area contributed by atoms with Gasteiger partial charge < -0.3 is 16.3 Å². The SMILES string of the molecule is CC(N)C(=O)Nc1ccc([NH+]([O-])O)cc1. The highest BCUT2D eigenvalue weighted by Gasteiger charge is 2.07. The molecule has 1 amide bonds. The van der Waals surface area contributed by atoms with Crippen molar-refractivity contribution < 1.29 is 15.2 Å². The second-order valence-corrected chi connectivity index (χ2v) is 3.16. The van der Waals surface area contributed by atoms with Gasteiger partial charge in [0.25, 0.3) is 0 Å². The molecule has 0 saturated carbocycles. The van der Waals surface area contributed by atoms with Gasteiger partial charge in [0.2, 0.25) is 5.91 Å². The number of hydrogen-bond donors (Lipinski definition) is 4. The van der Waals surface area contributed by atoms with E-state index in [2.05, 4.69) is 5.32 Å². The maximum atomic E-state index is 11.2. The van der Waals surface area contributed by atoms with E-state index in [9.17, 15) is 10.0 Å². The van der Waals surface area contributed by atoms with Crippen LogP contribution in [0.25, 0.3) is 0 Å². The van der Waals surface area contributed by atoms with Crippen LogP contribution in [0.2, 0.25) is 0 Å². The molecule has 1 aromatic carbocycles. The third-order valence-corrected chi connectivity index (χ3v) is 1.81. The Bertz CT molecular complexity index is 335. The summed E-state index contributed by atoms with van der Waals surface area (Å²) in [6.07, 6.45) is 0. The lowest BCUT2D eigenvalue weighted by Crippen LogP contribution is -2.99. The zero-order valence-corrected chi connectivity index (χ0v) is 8.23. The molecule has 1 aromatic rings. The highest BCUT2D eigenvalue weighted by atomic mass is 16.8. The van der Waals surface area contributed by atoms with E-state index < -0.39 is 11.3 Å². The number of nitrogens with one attached hydrogen (secondary N) is 2. The third-order valence-electron chi connectivity index (χ3n) is 1.81. The lowest BCUT2D eigenvalue weighted by atomic mass is 10.2. The number of benzene rings is 1. The molecule has 0 aliphatic rings. The molecular weight excluding hydrogens is 198 g/mol. The zero-order valence-electron chi connectivity index (χ0n) is 8.23. The summed E-state index contributed by atoms with van der Waals surface area (Å²) in [4.78, 5) is 11.2. The second kappa shape index (κ2) is 4.85. The predicted molar refractivity (Wildman–Crippen MR) is 54.5 cm³/mol. The number of rotatable bonds is 3. The van der Waals surface area contributed by atoms with Crippen LogP contribution in [0.4, 0.5) is 11.4 Å².